The Morgan fingerprint density at radius 3 is 2.11 bits per heavy atom. The van der Waals surface area contributed by atoms with Gasteiger partial charge >= 0.3 is 5.97 Å². The second-order valence-corrected chi connectivity index (χ2v) is 5.55. The molecule has 0 aromatic heterocycles. The molecule has 27 heavy (non-hydrogen) atoms. The summed E-state index contributed by atoms with van der Waals surface area (Å²) in [5.74, 6) is -2.31. The van der Waals surface area contributed by atoms with Crippen molar-refractivity contribution in [3.8, 4) is 11.5 Å². The SMILES string of the molecule is CC(=O)NC(C(=O)NCC(=O)O)C(=O)c1ccc(Oc2ccccc2)cc1. The number of hydrogen-bond donors (Lipinski definition) is 3. The zero-order valence-electron chi connectivity index (χ0n) is 14.5. The van der Waals surface area contributed by atoms with E-state index >= 15 is 0 Å². The molecule has 0 aliphatic rings. The molecule has 140 valence electrons. The summed E-state index contributed by atoms with van der Waals surface area (Å²) >= 11 is 0. The topological polar surface area (TPSA) is 122 Å². The molecule has 0 bridgehead atoms. The van der Waals surface area contributed by atoms with Crippen molar-refractivity contribution in [3.63, 3.8) is 0 Å². The number of ether oxygens (including phenoxy) is 1. The number of carboxylic acids is 1. The minimum Gasteiger partial charge on any atom is -0.480 e. The van der Waals surface area contributed by atoms with Gasteiger partial charge in [-0.1, -0.05) is 18.2 Å². The van der Waals surface area contributed by atoms with Crippen LogP contribution in [0.3, 0.4) is 0 Å². The highest BCUT2D eigenvalue weighted by atomic mass is 16.5. The molecule has 1 atom stereocenters. The Balaban J connectivity index is 2.12. The van der Waals surface area contributed by atoms with Crippen molar-refractivity contribution < 1.29 is 29.0 Å². The van der Waals surface area contributed by atoms with Crippen LogP contribution in [0.15, 0.2) is 54.6 Å². The van der Waals surface area contributed by atoms with E-state index in [0.717, 1.165) is 6.92 Å². The molecule has 2 amide bonds. The molecular weight excluding hydrogens is 352 g/mol. The molecular formula is C19H18N2O6. The van der Waals surface area contributed by atoms with E-state index in [2.05, 4.69) is 10.6 Å². The van der Waals surface area contributed by atoms with Gasteiger partial charge in [0.05, 0.1) is 0 Å². The molecule has 0 fully saturated rings. The van der Waals surface area contributed by atoms with Crippen LogP contribution >= 0.6 is 0 Å². The van der Waals surface area contributed by atoms with Crippen molar-refractivity contribution in [2.45, 2.75) is 13.0 Å². The van der Waals surface area contributed by atoms with Gasteiger partial charge in [-0.25, -0.2) is 0 Å². The predicted octanol–water partition coefficient (Wildman–Crippen LogP) is 1.37. The van der Waals surface area contributed by atoms with E-state index in [9.17, 15) is 19.2 Å². The average molecular weight is 370 g/mol. The minimum absolute atomic E-state index is 0.166. The Labute approximate surface area is 155 Å². The number of hydrogen-bond acceptors (Lipinski definition) is 5. The van der Waals surface area contributed by atoms with Gasteiger partial charge in [-0.3, -0.25) is 19.2 Å². The lowest BCUT2D eigenvalue weighted by molar-refractivity contribution is -0.138. The maximum atomic E-state index is 12.6. The van der Waals surface area contributed by atoms with E-state index in [1.807, 2.05) is 18.2 Å². The van der Waals surface area contributed by atoms with Crippen molar-refractivity contribution in [3.05, 3.63) is 60.2 Å². The van der Waals surface area contributed by atoms with Crippen molar-refractivity contribution >= 4 is 23.6 Å². The Morgan fingerprint density at radius 2 is 1.56 bits per heavy atom. The molecule has 0 aliphatic carbocycles. The highest BCUT2D eigenvalue weighted by molar-refractivity contribution is 6.15. The number of rotatable bonds is 8. The number of Topliss-reactive ketones (excluding diaryl/α,β-unsaturated/α-hetero) is 1. The van der Waals surface area contributed by atoms with Gasteiger partial charge in [-0.05, 0) is 36.4 Å². The molecule has 2 rings (SSSR count). The van der Waals surface area contributed by atoms with E-state index in [0.29, 0.717) is 11.5 Å². The van der Waals surface area contributed by atoms with Crippen LogP contribution in [0.1, 0.15) is 17.3 Å². The van der Waals surface area contributed by atoms with Gasteiger partial charge in [-0.2, -0.15) is 0 Å². The monoisotopic (exact) mass is 370 g/mol. The quantitative estimate of drug-likeness (QED) is 0.476. The second-order valence-electron chi connectivity index (χ2n) is 5.55. The number of amides is 2. The Morgan fingerprint density at radius 1 is 0.963 bits per heavy atom. The van der Waals surface area contributed by atoms with Gasteiger partial charge in [0.2, 0.25) is 5.91 Å². The van der Waals surface area contributed by atoms with Crippen molar-refractivity contribution in [1.29, 1.82) is 0 Å². The van der Waals surface area contributed by atoms with E-state index in [4.69, 9.17) is 9.84 Å². The molecule has 8 heteroatoms. The van der Waals surface area contributed by atoms with Crippen molar-refractivity contribution in [1.82, 2.24) is 10.6 Å². The predicted molar refractivity (Wildman–Crippen MR) is 95.5 cm³/mol. The fraction of sp³-hybridized carbons (Fsp3) is 0.158. The zero-order chi connectivity index (χ0) is 19.8. The van der Waals surface area contributed by atoms with Gasteiger partial charge in [-0.15, -0.1) is 0 Å². The highest BCUT2D eigenvalue weighted by Crippen LogP contribution is 2.21. The third kappa shape index (κ3) is 5.96. The first-order chi connectivity index (χ1) is 12.9. The number of para-hydroxylation sites is 1. The third-order valence-electron chi connectivity index (χ3n) is 3.40. The molecule has 3 N–H and O–H groups in total. The van der Waals surface area contributed by atoms with Crippen LogP contribution in [-0.2, 0) is 14.4 Å². The molecule has 0 saturated heterocycles. The molecule has 0 heterocycles. The van der Waals surface area contributed by atoms with Crippen LogP contribution in [0.5, 0.6) is 11.5 Å². The van der Waals surface area contributed by atoms with Gasteiger partial charge in [0.15, 0.2) is 11.8 Å². The highest BCUT2D eigenvalue weighted by Gasteiger charge is 2.28. The maximum Gasteiger partial charge on any atom is 0.322 e. The molecule has 1 unspecified atom stereocenters. The maximum absolute atomic E-state index is 12.6. The Kier molecular flexibility index (Phi) is 6.65. The van der Waals surface area contributed by atoms with Crippen LogP contribution in [0, 0.1) is 0 Å². The first-order valence-corrected chi connectivity index (χ1v) is 8.00. The largest absolute Gasteiger partial charge is 0.480 e. The summed E-state index contributed by atoms with van der Waals surface area (Å²) in [6.45, 7) is 0.494. The first-order valence-electron chi connectivity index (χ1n) is 8.00. The number of carboxylic acid groups (broad SMARTS) is 1. The van der Waals surface area contributed by atoms with Crippen LogP contribution < -0.4 is 15.4 Å². The summed E-state index contributed by atoms with van der Waals surface area (Å²) in [4.78, 5) is 46.5. The second kappa shape index (κ2) is 9.14. The van der Waals surface area contributed by atoms with Crippen LogP contribution in [0.4, 0.5) is 0 Å². The summed E-state index contributed by atoms with van der Waals surface area (Å²) in [7, 11) is 0. The van der Waals surface area contributed by atoms with Crippen LogP contribution in [-0.4, -0.2) is 41.3 Å². The zero-order valence-corrected chi connectivity index (χ0v) is 14.5. The third-order valence-corrected chi connectivity index (χ3v) is 3.40. The summed E-state index contributed by atoms with van der Waals surface area (Å²) < 4.78 is 5.62. The normalized spacial score (nSPS) is 11.1. The van der Waals surface area contributed by atoms with Crippen LogP contribution in [0.2, 0.25) is 0 Å². The number of carbonyl (C=O) groups excluding carboxylic acids is 3. The minimum atomic E-state index is -1.53. The molecule has 8 nitrogen and oxygen atoms in total. The van der Waals surface area contributed by atoms with Gasteiger partial charge < -0.3 is 20.5 Å². The van der Waals surface area contributed by atoms with Gasteiger partial charge in [0, 0.05) is 12.5 Å². The lowest BCUT2D eigenvalue weighted by Gasteiger charge is -2.16. The molecule has 0 saturated carbocycles. The molecule has 2 aromatic carbocycles. The van der Waals surface area contributed by atoms with Crippen molar-refractivity contribution in [2.75, 3.05) is 6.54 Å². The molecule has 0 spiro atoms. The molecule has 0 radical (unpaired) electrons. The standard InChI is InChI=1S/C19H18N2O6/c1-12(22)21-17(19(26)20-11-16(23)24)18(25)13-7-9-15(10-8-13)27-14-5-3-2-4-6-14/h2-10,17H,11H2,1H3,(H,20,26)(H,21,22)(H,23,24). The van der Waals surface area contributed by atoms with E-state index < -0.39 is 36.2 Å². The average Bonchev–Trinajstić information content (AvgIpc) is 2.65. The fourth-order valence-electron chi connectivity index (χ4n) is 2.20. The van der Waals surface area contributed by atoms with Crippen LogP contribution in [0.25, 0.3) is 0 Å². The summed E-state index contributed by atoms with van der Waals surface area (Å²) in [5.41, 5.74) is 0.166. The lowest BCUT2D eigenvalue weighted by Crippen LogP contribution is -2.51. The lowest BCUT2D eigenvalue weighted by atomic mass is 10.0. The summed E-state index contributed by atoms with van der Waals surface area (Å²) in [5, 5.41) is 12.9. The van der Waals surface area contributed by atoms with Gasteiger partial charge in [0.25, 0.3) is 5.91 Å². The first kappa shape index (κ1) is 19.6. The van der Waals surface area contributed by atoms with E-state index in [1.165, 1.54) is 12.1 Å². The fourth-order valence-corrected chi connectivity index (χ4v) is 2.20. The van der Waals surface area contributed by atoms with Crippen molar-refractivity contribution in [2.24, 2.45) is 0 Å². The number of benzene rings is 2. The van der Waals surface area contributed by atoms with E-state index in [-0.39, 0.29) is 5.56 Å². The number of carbonyl (C=O) groups is 4. The number of nitrogens with one attached hydrogen (secondary N) is 2. The Hall–Kier alpha value is -3.68. The molecule has 0 aliphatic heterocycles. The molecule has 2 aromatic rings. The summed E-state index contributed by atoms with van der Waals surface area (Å²) in [6.07, 6.45) is 0. The number of ketones is 1. The Bertz CT molecular complexity index is 833. The summed E-state index contributed by atoms with van der Waals surface area (Å²) in [6, 6.07) is 13.5. The van der Waals surface area contributed by atoms with Gasteiger partial charge in [0.1, 0.15) is 18.0 Å². The van der Waals surface area contributed by atoms with E-state index in [1.54, 1.807) is 24.3 Å². The smallest absolute Gasteiger partial charge is 0.322 e. The number of aliphatic carboxylic acids is 1.